The fourth-order valence-electron chi connectivity index (χ4n) is 0.837. The molecule has 0 radical (unpaired) electrons. The standard InChI is InChI=1S/C7H10ClN3O4S2/c1-16(12,13)4-5-17(14,15)11-7-9-3-2-6(8)10-7/h2-3H,4-5H2,1H3,(H,9,10,11). The summed E-state index contributed by atoms with van der Waals surface area (Å²) in [5.41, 5.74) is 0. The molecule has 1 aromatic heterocycles. The number of halogens is 1. The molecule has 1 N–H and O–H groups in total. The van der Waals surface area contributed by atoms with Gasteiger partial charge in [0.2, 0.25) is 16.0 Å². The normalized spacial score (nSPS) is 12.4. The summed E-state index contributed by atoms with van der Waals surface area (Å²) in [6, 6.07) is 1.38. The third kappa shape index (κ3) is 5.80. The first kappa shape index (κ1) is 14.1. The second-order valence-electron chi connectivity index (χ2n) is 3.25. The van der Waals surface area contributed by atoms with Crippen molar-refractivity contribution in [3.63, 3.8) is 0 Å². The predicted molar refractivity (Wildman–Crippen MR) is 64.2 cm³/mol. The molecule has 0 aromatic carbocycles. The summed E-state index contributed by atoms with van der Waals surface area (Å²) in [5.74, 6) is -1.21. The zero-order valence-corrected chi connectivity index (χ0v) is 11.2. The van der Waals surface area contributed by atoms with Crippen LogP contribution >= 0.6 is 11.6 Å². The molecule has 0 fully saturated rings. The van der Waals surface area contributed by atoms with Crippen molar-refractivity contribution in [1.82, 2.24) is 9.97 Å². The third-order valence-electron chi connectivity index (χ3n) is 1.59. The van der Waals surface area contributed by atoms with Crippen LogP contribution in [0.1, 0.15) is 0 Å². The molecule has 0 bridgehead atoms. The summed E-state index contributed by atoms with van der Waals surface area (Å²) >= 11 is 5.54. The molecular weight excluding hydrogens is 290 g/mol. The minimum Gasteiger partial charge on any atom is -0.251 e. The molecular formula is C7H10ClN3O4S2. The molecule has 7 nitrogen and oxygen atoms in total. The van der Waals surface area contributed by atoms with Crippen LogP contribution in [0.15, 0.2) is 12.3 Å². The van der Waals surface area contributed by atoms with Gasteiger partial charge < -0.3 is 0 Å². The van der Waals surface area contributed by atoms with Gasteiger partial charge in [-0.25, -0.2) is 26.8 Å². The van der Waals surface area contributed by atoms with E-state index >= 15 is 0 Å². The van der Waals surface area contributed by atoms with E-state index in [1.54, 1.807) is 0 Å². The number of anilines is 1. The quantitative estimate of drug-likeness (QED) is 0.762. The molecule has 0 spiro atoms. The van der Waals surface area contributed by atoms with Crippen molar-refractivity contribution in [1.29, 1.82) is 0 Å². The zero-order valence-electron chi connectivity index (χ0n) is 8.79. The Bertz CT molecular complexity index is 599. The first-order valence-electron chi connectivity index (χ1n) is 4.35. The number of hydrogen-bond donors (Lipinski definition) is 1. The Hall–Kier alpha value is -0.930. The lowest BCUT2D eigenvalue weighted by molar-refractivity contribution is 0.593. The van der Waals surface area contributed by atoms with Crippen LogP contribution in [0, 0.1) is 0 Å². The number of nitrogens with zero attached hydrogens (tertiary/aromatic N) is 2. The van der Waals surface area contributed by atoms with Crippen molar-refractivity contribution in [2.24, 2.45) is 0 Å². The summed E-state index contributed by atoms with van der Waals surface area (Å²) in [6.07, 6.45) is 2.24. The Labute approximate surface area is 104 Å². The smallest absolute Gasteiger partial charge is 0.237 e. The molecule has 0 saturated carbocycles. The largest absolute Gasteiger partial charge is 0.251 e. The average Bonchev–Trinajstić information content (AvgIpc) is 2.13. The highest BCUT2D eigenvalue weighted by molar-refractivity contribution is 7.95. The van der Waals surface area contributed by atoms with Gasteiger partial charge in [-0.1, -0.05) is 11.6 Å². The number of rotatable bonds is 5. The van der Waals surface area contributed by atoms with Gasteiger partial charge in [-0.2, -0.15) is 0 Å². The lowest BCUT2D eigenvalue weighted by Gasteiger charge is -2.05. The van der Waals surface area contributed by atoms with Crippen molar-refractivity contribution in [2.75, 3.05) is 22.5 Å². The van der Waals surface area contributed by atoms with E-state index < -0.39 is 31.4 Å². The van der Waals surface area contributed by atoms with Gasteiger partial charge >= 0.3 is 0 Å². The van der Waals surface area contributed by atoms with Crippen molar-refractivity contribution in [3.05, 3.63) is 17.4 Å². The molecule has 0 saturated heterocycles. The van der Waals surface area contributed by atoms with E-state index in [4.69, 9.17) is 11.6 Å². The van der Waals surface area contributed by atoms with Crippen LogP contribution in [0.4, 0.5) is 5.95 Å². The second kappa shape index (κ2) is 5.15. The SMILES string of the molecule is CS(=O)(=O)CCS(=O)(=O)Nc1nccc(Cl)n1. The van der Waals surface area contributed by atoms with Gasteiger partial charge in [-0.05, 0) is 6.07 Å². The van der Waals surface area contributed by atoms with Crippen LogP contribution in [0.5, 0.6) is 0 Å². The van der Waals surface area contributed by atoms with Gasteiger partial charge in [0.15, 0.2) is 0 Å². The minimum absolute atomic E-state index is 0.0841. The maximum Gasteiger partial charge on any atom is 0.237 e. The lowest BCUT2D eigenvalue weighted by atomic mass is 10.7. The molecule has 0 aliphatic carbocycles. The van der Waals surface area contributed by atoms with Crippen LogP contribution in [0.25, 0.3) is 0 Å². The van der Waals surface area contributed by atoms with E-state index in [0.29, 0.717) is 0 Å². The summed E-state index contributed by atoms with van der Waals surface area (Å²) < 4.78 is 46.6. The van der Waals surface area contributed by atoms with Crippen LogP contribution in [-0.4, -0.2) is 44.6 Å². The first-order chi connectivity index (χ1) is 7.68. The molecule has 0 atom stereocenters. The first-order valence-corrected chi connectivity index (χ1v) is 8.44. The molecule has 0 aliphatic rings. The maximum atomic E-state index is 11.5. The zero-order chi connectivity index (χ0) is 13.1. The van der Waals surface area contributed by atoms with E-state index in [9.17, 15) is 16.8 Å². The average molecular weight is 300 g/mol. The monoisotopic (exact) mass is 299 g/mol. The lowest BCUT2D eigenvalue weighted by Crippen LogP contribution is -2.23. The summed E-state index contributed by atoms with van der Waals surface area (Å²) in [6.45, 7) is 0. The number of sulfonamides is 1. The van der Waals surface area contributed by atoms with Gasteiger partial charge in [0.25, 0.3) is 0 Å². The second-order valence-corrected chi connectivity index (χ2v) is 7.74. The fraction of sp³-hybridized carbons (Fsp3) is 0.429. The van der Waals surface area contributed by atoms with Crippen LogP contribution in [0.2, 0.25) is 5.15 Å². The molecule has 1 heterocycles. The van der Waals surface area contributed by atoms with Gasteiger partial charge in [0.05, 0.1) is 11.5 Å². The Morgan fingerprint density at radius 3 is 2.47 bits per heavy atom. The highest BCUT2D eigenvalue weighted by Gasteiger charge is 2.15. The summed E-state index contributed by atoms with van der Waals surface area (Å²) in [5, 5.41) is 0.0841. The number of hydrogen-bond acceptors (Lipinski definition) is 6. The molecule has 96 valence electrons. The van der Waals surface area contributed by atoms with Crippen molar-refractivity contribution in [2.45, 2.75) is 0 Å². The topological polar surface area (TPSA) is 106 Å². The van der Waals surface area contributed by atoms with Crippen LogP contribution in [-0.2, 0) is 19.9 Å². The van der Waals surface area contributed by atoms with Gasteiger partial charge in [0, 0.05) is 12.5 Å². The molecule has 17 heavy (non-hydrogen) atoms. The molecule has 10 heteroatoms. The van der Waals surface area contributed by atoms with Crippen molar-refractivity contribution >= 4 is 37.4 Å². The Balaban J connectivity index is 2.74. The molecule has 1 rings (SSSR count). The maximum absolute atomic E-state index is 11.5. The van der Waals surface area contributed by atoms with E-state index in [0.717, 1.165) is 6.26 Å². The van der Waals surface area contributed by atoms with E-state index in [1.807, 2.05) is 4.72 Å². The number of aromatic nitrogens is 2. The van der Waals surface area contributed by atoms with Gasteiger partial charge in [-0.3, -0.25) is 4.72 Å². The Morgan fingerprint density at radius 1 is 1.29 bits per heavy atom. The minimum atomic E-state index is -3.80. The third-order valence-corrected chi connectivity index (χ3v) is 4.24. The fourth-order valence-corrected chi connectivity index (χ4v) is 3.54. The Kier molecular flexibility index (Phi) is 4.28. The predicted octanol–water partition coefficient (Wildman–Crippen LogP) is -0.0837. The van der Waals surface area contributed by atoms with Crippen molar-refractivity contribution < 1.29 is 16.8 Å². The number of nitrogens with one attached hydrogen (secondary N) is 1. The molecule has 0 amide bonds. The van der Waals surface area contributed by atoms with Crippen LogP contribution in [0.3, 0.4) is 0 Å². The molecule has 1 aromatic rings. The van der Waals surface area contributed by atoms with Gasteiger partial charge in [-0.15, -0.1) is 0 Å². The highest BCUT2D eigenvalue weighted by atomic mass is 35.5. The van der Waals surface area contributed by atoms with Crippen molar-refractivity contribution in [3.8, 4) is 0 Å². The molecule has 0 unspecified atom stereocenters. The highest BCUT2D eigenvalue weighted by Crippen LogP contribution is 2.07. The summed E-state index contributed by atoms with van der Waals surface area (Å²) in [7, 11) is -7.14. The van der Waals surface area contributed by atoms with E-state index in [1.165, 1.54) is 12.3 Å². The van der Waals surface area contributed by atoms with E-state index in [-0.39, 0.29) is 11.1 Å². The van der Waals surface area contributed by atoms with Gasteiger partial charge in [0.1, 0.15) is 15.0 Å². The van der Waals surface area contributed by atoms with E-state index in [2.05, 4.69) is 9.97 Å². The Morgan fingerprint density at radius 2 is 1.94 bits per heavy atom. The van der Waals surface area contributed by atoms with Crippen LogP contribution < -0.4 is 4.72 Å². The molecule has 0 aliphatic heterocycles. The number of sulfone groups is 1. The summed E-state index contributed by atoms with van der Waals surface area (Å²) in [4.78, 5) is 7.25.